The average molecular weight is 813 g/mol. The number of carbonyl (C=O) groups is 5. The van der Waals surface area contributed by atoms with Crippen molar-refractivity contribution in [1.82, 2.24) is 21.3 Å². The Kier molecular flexibility index (Phi) is 13.2. The first-order chi connectivity index (χ1) is 27.8. The Labute approximate surface area is 335 Å². The van der Waals surface area contributed by atoms with Crippen LogP contribution in [-0.4, -0.2) is 65.5 Å². The van der Waals surface area contributed by atoms with Crippen LogP contribution in [0.1, 0.15) is 27.1 Å². The molecule has 0 aliphatic carbocycles. The fourth-order valence-corrected chi connectivity index (χ4v) is 7.26. The number of hydrogen-bond donors (Lipinski definition) is 5. The lowest BCUT2D eigenvalue weighted by Crippen LogP contribution is -2.59. The first kappa shape index (κ1) is 41.2. The summed E-state index contributed by atoms with van der Waals surface area (Å²) in [6.45, 7) is -0.472. The zero-order valence-corrected chi connectivity index (χ0v) is 31.6. The summed E-state index contributed by atoms with van der Waals surface area (Å²) >= 11 is 1.35. The molecule has 4 atom stereocenters. The number of ether oxygens (including phenoxy) is 1. The summed E-state index contributed by atoms with van der Waals surface area (Å²) in [6.07, 6.45) is -5.79. The lowest BCUT2D eigenvalue weighted by molar-refractivity contribution is -0.142. The molecule has 300 valence electrons. The van der Waals surface area contributed by atoms with Gasteiger partial charge in [-0.2, -0.15) is 13.2 Å². The normalized spacial score (nSPS) is 19.6. The van der Waals surface area contributed by atoms with Crippen molar-refractivity contribution in [2.45, 2.75) is 56.0 Å². The van der Waals surface area contributed by atoms with Gasteiger partial charge < -0.3 is 31.1 Å². The number of hydrogen-bond acceptors (Lipinski definition) is 7. The highest BCUT2D eigenvalue weighted by Crippen LogP contribution is 2.32. The van der Waals surface area contributed by atoms with Gasteiger partial charge in [-0.25, -0.2) is 4.79 Å². The van der Waals surface area contributed by atoms with Crippen molar-refractivity contribution in [3.05, 3.63) is 148 Å². The molecule has 0 spiro atoms. The summed E-state index contributed by atoms with van der Waals surface area (Å²) in [7, 11) is 0. The lowest BCUT2D eigenvalue weighted by atomic mass is 9.97. The van der Waals surface area contributed by atoms with Crippen LogP contribution in [0, 0.1) is 0 Å². The van der Waals surface area contributed by atoms with Gasteiger partial charge in [-0.15, -0.1) is 11.3 Å². The van der Waals surface area contributed by atoms with Crippen molar-refractivity contribution >= 4 is 40.9 Å². The van der Waals surface area contributed by atoms with Gasteiger partial charge in [-0.3, -0.25) is 19.2 Å². The minimum Gasteiger partial charge on any atom is -0.484 e. The maximum Gasteiger partial charge on any atom is 0.416 e. The monoisotopic (exact) mass is 812 g/mol. The number of rotatable bonds is 8. The van der Waals surface area contributed by atoms with Crippen molar-refractivity contribution in [2.24, 2.45) is 0 Å². The second-order valence-electron chi connectivity index (χ2n) is 13.7. The zero-order chi connectivity index (χ0) is 41.2. The SMILES string of the molecule is O=C1COc2ccc(cc2)C[C@@H](C(=O)O)NC(=O)[C@H](Cc2ccccc2C(F)(F)F)NC(=O)[C@@H](Cc2ccc(-c3ccccc3)cc2)NC(=O)[C@H](Cc2cccs2)N1. The smallest absolute Gasteiger partial charge is 0.416 e. The Morgan fingerprint density at radius 2 is 1.28 bits per heavy atom. The summed E-state index contributed by atoms with van der Waals surface area (Å²) in [6, 6.07) is 25.0. The molecule has 4 aromatic carbocycles. The van der Waals surface area contributed by atoms with E-state index in [4.69, 9.17) is 4.74 Å². The second-order valence-corrected chi connectivity index (χ2v) is 14.7. The number of aliphatic carboxylic acids is 1. The average Bonchev–Trinajstić information content (AvgIpc) is 3.73. The summed E-state index contributed by atoms with van der Waals surface area (Å²) < 4.78 is 48.1. The summed E-state index contributed by atoms with van der Waals surface area (Å²) in [5, 5.41) is 22.2. The number of fused-ring (bicyclic) bond motifs is 16. The molecular weight excluding hydrogens is 774 g/mol. The lowest BCUT2D eigenvalue weighted by Gasteiger charge is -2.27. The van der Waals surface area contributed by atoms with E-state index in [0.29, 0.717) is 11.1 Å². The summed E-state index contributed by atoms with van der Waals surface area (Å²) in [4.78, 5) is 68.8. The van der Waals surface area contributed by atoms with E-state index in [9.17, 15) is 42.3 Å². The molecule has 58 heavy (non-hydrogen) atoms. The van der Waals surface area contributed by atoms with Crippen LogP contribution >= 0.6 is 11.3 Å². The molecule has 0 fully saturated rings. The third kappa shape index (κ3) is 11.1. The van der Waals surface area contributed by atoms with Crippen LogP contribution < -0.4 is 26.0 Å². The Balaban J connectivity index is 1.38. The van der Waals surface area contributed by atoms with E-state index < -0.39 is 78.5 Å². The zero-order valence-electron chi connectivity index (χ0n) is 30.8. The minimum atomic E-state index is -4.81. The number of carbonyl (C=O) groups excluding carboxylic acids is 4. The van der Waals surface area contributed by atoms with E-state index in [2.05, 4.69) is 21.3 Å². The van der Waals surface area contributed by atoms with E-state index in [-0.39, 0.29) is 30.6 Å². The molecule has 2 aliphatic rings. The highest BCUT2D eigenvalue weighted by Gasteiger charge is 2.36. The maximum atomic E-state index is 14.4. The van der Waals surface area contributed by atoms with E-state index in [1.54, 1.807) is 29.6 Å². The van der Waals surface area contributed by atoms with E-state index >= 15 is 0 Å². The molecule has 0 saturated carbocycles. The van der Waals surface area contributed by atoms with Crippen molar-refractivity contribution in [3.8, 4) is 16.9 Å². The standard InChI is InChI=1S/C43H39F3N4O7S/c44-43(45,46)33-11-5-4-9-30(33)23-35-40(53)50-37(42(55)56)22-27-14-18-31(19-15-27)57-25-38(51)47-36(24-32-10-6-20-58-32)41(54)48-34(39(52)49-35)21-26-12-16-29(17-13-26)28-7-2-1-3-8-28/h1-20,34-37H,21-25H2,(H,47,51)(H,48,54)(H,49,52)(H,50,53)(H,55,56)/t34-,35+,36+,37+/m1/s1. The minimum absolute atomic E-state index is 0.0554. The first-order valence-corrected chi connectivity index (χ1v) is 19.2. The molecule has 5 aromatic rings. The van der Waals surface area contributed by atoms with Gasteiger partial charge in [0.2, 0.25) is 17.7 Å². The van der Waals surface area contributed by atoms with Crippen LogP contribution in [0.3, 0.4) is 0 Å². The van der Waals surface area contributed by atoms with Crippen molar-refractivity contribution in [2.75, 3.05) is 6.61 Å². The first-order valence-electron chi connectivity index (χ1n) is 18.3. The highest BCUT2D eigenvalue weighted by atomic mass is 32.1. The van der Waals surface area contributed by atoms with Crippen molar-refractivity contribution in [1.29, 1.82) is 0 Å². The molecule has 2 aliphatic heterocycles. The van der Waals surface area contributed by atoms with E-state index in [0.717, 1.165) is 22.1 Å². The molecule has 0 saturated heterocycles. The van der Waals surface area contributed by atoms with Gasteiger partial charge in [-0.1, -0.05) is 91.0 Å². The van der Waals surface area contributed by atoms with Crippen LogP contribution in [-0.2, 0) is 55.8 Å². The molecule has 4 amide bonds. The molecule has 11 nitrogen and oxygen atoms in total. The molecule has 3 heterocycles. The quantitative estimate of drug-likeness (QED) is 0.136. The molecule has 5 N–H and O–H groups in total. The van der Waals surface area contributed by atoms with Crippen LogP contribution in [0.5, 0.6) is 5.75 Å². The van der Waals surface area contributed by atoms with Gasteiger partial charge in [0.05, 0.1) is 5.56 Å². The molecule has 15 heteroatoms. The Hall–Kier alpha value is -6.48. The molecule has 2 bridgehead atoms. The van der Waals surface area contributed by atoms with Gasteiger partial charge in [-0.05, 0) is 57.5 Å². The number of carboxylic acid groups (broad SMARTS) is 1. The number of benzene rings is 4. The van der Waals surface area contributed by atoms with Crippen LogP contribution in [0.2, 0.25) is 0 Å². The predicted molar refractivity (Wildman–Crippen MR) is 210 cm³/mol. The van der Waals surface area contributed by atoms with Crippen LogP contribution in [0.15, 0.2) is 121 Å². The fourth-order valence-electron chi connectivity index (χ4n) is 6.51. The largest absolute Gasteiger partial charge is 0.484 e. The van der Waals surface area contributed by atoms with Gasteiger partial charge in [0, 0.05) is 30.6 Å². The van der Waals surface area contributed by atoms with Gasteiger partial charge in [0.1, 0.15) is 29.9 Å². The number of alkyl halides is 3. The van der Waals surface area contributed by atoms with Gasteiger partial charge in [0.25, 0.3) is 5.91 Å². The van der Waals surface area contributed by atoms with Gasteiger partial charge >= 0.3 is 12.1 Å². The number of nitrogens with one attached hydrogen (secondary N) is 4. The van der Waals surface area contributed by atoms with Crippen molar-refractivity contribution in [3.63, 3.8) is 0 Å². The number of carboxylic acids is 1. The molecule has 7 rings (SSSR count). The fraction of sp³-hybridized carbons (Fsp3) is 0.233. The third-order valence-corrected chi connectivity index (χ3v) is 10.4. The third-order valence-electron chi connectivity index (χ3n) is 9.50. The van der Waals surface area contributed by atoms with Crippen LogP contribution in [0.25, 0.3) is 11.1 Å². The summed E-state index contributed by atoms with van der Waals surface area (Å²) in [5.41, 5.74) is 1.49. The van der Waals surface area contributed by atoms with Gasteiger partial charge in [0.15, 0.2) is 6.61 Å². The van der Waals surface area contributed by atoms with E-state index in [1.165, 1.54) is 53.8 Å². The van der Waals surface area contributed by atoms with Crippen molar-refractivity contribution < 1.29 is 47.0 Å². The second kappa shape index (κ2) is 18.6. The Bertz CT molecular complexity index is 2220. The van der Waals surface area contributed by atoms with Crippen LogP contribution in [0.4, 0.5) is 13.2 Å². The summed E-state index contributed by atoms with van der Waals surface area (Å²) in [5.74, 6) is -4.55. The maximum absolute atomic E-state index is 14.4. The molecule has 1 aromatic heterocycles. The predicted octanol–water partition coefficient (Wildman–Crippen LogP) is 5.12. The number of thiophene rings is 1. The van der Waals surface area contributed by atoms with E-state index in [1.807, 2.05) is 42.5 Å². The highest BCUT2D eigenvalue weighted by molar-refractivity contribution is 7.09. The number of halogens is 3. The molecule has 0 radical (unpaired) electrons. The Morgan fingerprint density at radius 1 is 0.672 bits per heavy atom. The topological polar surface area (TPSA) is 163 Å². The Morgan fingerprint density at radius 3 is 1.91 bits per heavy atom. The molecular formula is C43H39F3N4O7S. The molecule has 0 unspecified atom stereocenters. The number of amides is 4.